The first-order valence-corrected chi connectivity index (χ1v) is 6.14. The molecule has 0 amide bonds. The molecule has 0 saturated heterocycles. The molecule has 0 saturated carbocycles. The van der Waals surface area contributed by atoms with Crippen LogP contribution in [0.2, 0.25) is 0 Å². The number of nitrogens with one attached hydrogen (secondary N) is 1. The standard InChI is InChI=1S/C12H15ClN2O4/c1-8(12(16)17)6-10(14-13)7-9-2-4-11(5-3-9)15(18)19/h2-5,8,10,14H,6-7H2,1H3,(H,16,17)/t8-,10-/m1/s1. The summed E-state index contributed by atoms with van der Waals surface area (Å²) in [5.41, 5.74) is 0.888. The zero-order valence-electron chi connectivity index (χ0n) is 10.4. The number of nitro benzene ring substituents is 1. The summed E-state index contributed by atoms with van der Waals surface area (Å²) in [5.74, 6) is -1.38. The van der Waals surface area contributed by atoms with Crippen molar-refractivity contribution in [1.82, 2.24) is 4.84 Å². The molecular weight excluding hydrogens is 272 g/mol. The summed E-state index contributed by atoms with van der Waals surface area (Å²) >= 11 is 5.60. The molecule has 1 aromatic rings. The van der Waals surface area contributed by atoms with Gasteiger partial charge in [0, 0.05) is 18.2 Å². The summed E-state index contributed by atoms with van der Waals surface area (Å²) < 4.78 is 0. The van der Waals surface area contributed by atoms with Gasteiger partial charge in [-0.15, -0.1) is 0 Å². The molecule has 104 valence electrons. The van der Waals surface area contributed by atoms with Crippen molar-refractivity contribution >= 4 is 23.4 Å². The van der Waals surface area contributed by atoms with Crippen LogP contribution in [0, 0.1) is 16.0 Å². The summed E-state index contributed by atoms with van der Waals surface area (Å²) in [4.78, 5) is 23.4. The van der Waals surface area contributed by atoms with Gasteiger partial charge in [-0.05, 0) is 30.2 Å². The molecule has 0 heterocycles. The lowest BCUT2D eigenvalue weighted by atomic mass is 9.97. The molecule has 0 aliphatic carbocycles. The summed E-state index contributed by atoms with van der Waals surface area (Å²) in [5, 5.41) is 19.4. The van der Waals surface area contributed by atoms with Gasteiger partial charge in [0.15, 0.2) is 0 Å². The molecule has 0 bridgehead atoms. The van der Waals surface area contributed by atoms with E-state index in [4.69, 9.17) is 16.9 Å². The van der Waals surface area contributed by atoms with Crippen molar-refractivity contribution in [3.8, 4) is 0 Å². The van der Waals surface area contributed by atoms with Gasteiger partial charge < -0.3 is 5.11 Å². The maximum Gasteiger partial charge on any atom is 0.306 e. The quantitative estimate of drug-likeness (QED) is 0.456. The highest BCUT2D eigenvalue weighted by atomic mass is 35.5. The number of nitro groups is 1. The number of halogens is 1. The largest absolute Gasteiger partial charge is 0.481 e. The molecule has 2 N–H and O–H groups in total. The highest BCUT2D eigenvalue weighted by Gasteiger charge is 2.18. The van der Waals surface area contributed by atoms with Crippen LogP contribution >= 0.6 is 11.8 Å². The van der Waals surface area contributed by atoms with Crippen LogP contribution in [0.5, 0.6) is 0 Å². The summed E-state index contributed by atoms with van der Waals surface area (Å²) in [6.07, 6.45) is 0.898. The molecule has 0 aliphatic rings. The smallest absolute Gasteiger partial charge is 0.306 e. The minimum atomic E-state index is -0.874. The minimum absolute atomic E-state index is 0.0260. The van der Waals surface area contributed by atoms with Gasteiger partial charge in [-0.3, -0.25) is 14.9 Å². The van der Waals surface area contributed by atoms with Crippen LogP contribution < -0.4 is 4.84 Å². The minimum Gasteiger partial charge on any atom is -0.481 e. The normalized spacial score (nSPS) is 13.8. The second-order valence-corrected chi connectivity index (χ2v) is 4.63. The number of carbonyl (C=O) groups is 1. The van der Waals surface area contributed by atoms with E-state index in [0.29, 0.717) is 12.8 Å². The number of hydrogen-bond acceptors (Lipinski definition) is 4. The zero-order valence-corrected chi connectivity index (χ0v) is 11.1. The monoisotopic (exact) mass is 286 g/mol. The molecule has 6 nitrogen and oxygen atoms in total. The van der Waals surface area contributed by atoms with E-state index in [9.17, 15) is 14.9 Å². The van der Waals surface area contributed by atoms with Gasteiger partial charge in [-0.2, -0.15) is 0 Å². The lowest BCUT2D eigenvalue weighted by Crippen LogP contribution is -2.28. The molecule has 19 heavy (non-hydrogen) atoms. The van der Waals surface area contributed by atoms with Gasteiger partial charge in [-0.25, -0.2) is 4.84 Å². The number of rotatable bonds is 7. The third kappa shape index (κ3) is 4.84. The molecule has 2 atom stereocenters. The van der Waals surface area contributed by atoms with Gasteiger partial charge >= 0.3 is 5.97 Å². The van der Waals surface area contributed by atoms with Gasteiger partial charge in [0.1, 0.15) is 0 Å². The van der Waals surface area contributed by atoms with E-state index >= 15 is 0 Å². The van der Waals surface area contributed by atoms with Gasteiger partial charge in [0.05, 0.1) is 10.8 Å². The molecule has 1 aromatic carbocycles. The first-order valence-electron chi connectivity index (χ1n) is 5.76. The number of nitrogens with zero attached hydrogens (tertiary/aromatic N) is 1. The molecule has 0 spiro atoms. The average molecular weight is 287 g/mol. The highest BCUT2D eigenvalue weighted by Crippen LogP contribution is 2.16. The Morgan fingerprint density at radius 3 is 2.47 bits per heavy atom. The molecule has 0 fully saturated rings. The molecule has 0 unspecified atom stereocenters. The number of aliphatic carboxylic acids is 1. The Morgan fingerprint density at radius 1 is 1.47 bits per heavy atom. The highest BCUT2D eigenvalue weighted by molar-refractivity contribution is 6.13. The zero-order chi connectivity index (χ0) is 14.4. The van der Waals surface area contributed by atoms with Crippen LogP contribution in [-0.2, 0) is 11.2 Å². The lowest BCUT2D eigenvalue weighted by molar-refractivity contribution is -0.384. The average Bonchev–Trinajstić information content (AvgIpc) is 2.38. The molecule has 7 heteroatoms. The third-order valence-corrected chi connectivity index (χ3v) is 3.15. The van der Waals surface area contributed by atoms with Crippen molar-refractivity contribution in [2.24, 2.45) is 5.92 Å². The van der Waals surface area contributed by atoms with Crippen LogP contribution in [0.4, 0.5) is 5.69 Å². The maximum atomic E-state index is 10.8. The fraction of sp³-hybridized carbons (Fsp3) is 0.417. The predicted molar refractivity (Wildman–Crippen MR) is 71.0 cm³/mol. The van der Waals surface area contributed by atoms with Crippen LogP contribution in [0.3, 0.4) is 0 Å². The Morgan fingerprint density at radius 2 is 2.05 bits per heavy atom. The summed E-state index contributed by atoms with van der Waals surface area (Å²) in [7, 11) is 0. The van der Waals surface area contributed by atoms with Crippen molar-refractivity contribution in [2.45, 2.75) is 25.8 Å². The Balaban J connectivity index is 2.65. The van der Waals surface area contributed by atoms with Crippen LogP contribution in [-0.4, -0.2) is 22.0 Å². The van der Waals surface area contributed by atoms with Crippen molar-refractivity contribution in [1.29, 1.82) is 0 Å². The molecule has 1 rings (SSSR count). The van der Waals surface area contributed by atoms with Crippen LogP contribution in [0.15, 0.2) is 24.3 Å². The SMILES string of the molecule is C[C@H](C[C@H](Cc1ccc([N+](=O)[O-])cc1)NCl)C(=O)O. The molecule has 0 aromatic heterocycles. The lowest BCUT2D eigenvalue weighted by Gasteiger charge is -2.17. The van der Waals surface area contributed by atoms with E-state index in [1.54, 1.807) is 19.1 Å². The van der Waals surface area contributed by atoms with Crippen molar-refractivity contribution in [2.75, 3.05) is 0 Å². The Labute approximate surface area is 115 Å². The van der Waals surface area contributed by atoms with Gasteiger partial charge in [0.2, 0.25) is 0 Å². The van der Waals surface area contributed by atoms with E-state index in [1.165, 1.54) is 12.1 Å². The van der Waals surface area contributed by atoms with E-state index in [-0.39, 0.29) is 11.7 Å². The van der Waals surface area contributed by atoms with Crippen molar-refractivity contribution in [3.05, 3.63) is 39.9 Å². The van der Waals surface area contributed by atoms with E-state index in [0.717, 1.165) is 5.56 Å². The Bertz CT molecular complexity index is 450. The Hall–Kier alpha value is -1.66. The van der Waals surface area contributed by atoms with Gasteiger partial charge in [0.25, 0.3) is 5.69 Å². The summed E-state index contributed by atoms with van der Waals surface area (Å²) in [6, 6.07) is 5.92. The first kappa shape index (κ1) is 15.4. The van der Waals surface area contributed by atoms with E-state index < -0.39 is 16.8 Å². The third-order valence-electron chi connectivity index (χ3n) is 2.84. The topological polar surface area (TPSA) is 92.5 Å². The van der Waals surface area contributed by atoms with Crippen LogP contribution in [0.25, 0.3) is 0 Å². The van der Waals surface area contributed by atoms with Crippen molar-refractivity contribution in [3.63, 3.8) is 0 Å². The number of carboxylic acids is 1. The maximum absolute atomic E-state index is 10.8. The summed E-state index contributed by atoms with van der Waals surface area (Å²) in [6.45, 7) is 1.61. The number of non-ortho nitro benzene ring substituents is 1. The number of benzene rings is 1. The first-order chi connectivity index (χ1) is 8.93. The second kappa shape index (κ2) is 7.06. The van der Waals surface area contributed by atoms with Crippen LogP contribution in [0.1, 0.15) is 18.9 Å². The van der Waals surface area contributed by atoms with E-state index in [2.05, 4.69) is 4.84 Å². The molecular formula is C12H15ClN2O4. The predicted octanol–water partition coefficient (Wildman–Crippen LogP) is 2.36. The fourth-order valence-corrected chi connectivity index (χ4v) is 1.90. The van der Waals surface area contributed by atoms with Gasteiger partial charge in [-0.1, -0.05) is 19.1 Å². The fourth-order valence-electron chi connectivity index (χ4n) is 1.73. The number of carboxylic acid groups (broad SMARTS) is 1. The molecule has 0 aliphatic heterocycles. The number of hydrogen-bond donors (Lipinski definition) is 2. The molecule has 0 radical (unpaired) electrons. The van der Waals surface area contributed by atoms with Crippen molar-refractivity contribution < 1.29 is 14.8 Å². The van der Waals surface area contributed by atoms with E-state index in [1.807, 2.05) is 0 Å². The second-order valence-electron chi connectivity index (χ2n) is 4.41. The Kier molecular flexibility index (Phi) is 5.72.